The van der Waals surface area contributed by atoms with Gasteiger partial charge in [0.05, 0.1) is 6.04 Å². The number of furan rings is 1. The summed E-state index contributed by atoms with van der Waals surface area (Å²) < 4.78 is 19.4. The van der Waals surface area contributed by atoms with Crippen molar-refractivity contribution in [2.24, 2.45) is 0 Å². The summed E-state index contributed by atoms with van der Waals surface area (Å²) >= 11 is 6.20. The molecule has 0 fully saturated rings. The van der Waals surface area contributed by atoms with Gasteiger partial charge >= 0.3 is 0 Å². The number of hydrogen-bond donors (Lipinski definition) is 1. The Morgan fingerprint density at radius 1 is 1.14 bits per heavy atom. The number of halogens is 2. The largest absolute Gasteiger partial charge is 0.459 e. The van der Waals surface area contributed by atoms with Crippen molar-refractivity contribution in [1.29, 1.82) is 0 Å². The third kappa shape index (κ3) is 2.67. The average molecular weight is 304 g/mol. The van der Waals surface area contributed by atoms with Gasteiger partial charge in [-0.25, -0.2) is 4.39 Å². The van der Waals surface area contributed by atoms with Crippen LogP contribution in [0.2, 0.25) is 5.02 Å². The summed E-state index contributed by atoms with van der Waals surface area (Å²) in [4.78, 5) is 0. The van der Waals surface area contributed by atoms with Crippen LogP contribution in [0.15, 0.2) is 46.9 Å². The summed E-state index contributed by atoms with van der Waals surface area (Å²) in [5.74, 6) is 0.396. The maximum absolute atomic E-state index is 13.5. The van der Waals surface area contributed by atoms with Crippen LogP contribution < -0.4 is 5.32 Å². The van der Waals surface area contributed by atoms with Crippen LogP contribution >= 0.6 is 11.6 Å². The Morgan fingerprint density at radius 2 is 1.95 bits per heavy atom. The fourth-order valence-corrected chi connectivity index (χ4v) is 2.74. The Bertz CT molecular complexity index is 797. The van der Waals surface area contributed by atoms with E-state index in [1.165, 1.54) is 17.7 Å². The summed E-state index contributed by atoms with van der Waals surface area (Å²) in [5, 5.41) is 4.67. The molecule has 0 radical (unpaired) electrons. The van der Waals surface area contributed by atoms with Gasteiger partial charge in [-0.15, -0.1) is 0 Å². The molecule has 1 unspecified atom stereocenters. The minimum atomic E-state index is -0.318. The molecule has 3 aromatic rings. The fraction of sp³-hybridized carbons (Fsp3) is 0.176. The minimum Gasteiger partial charge on any atom is -0.459 e. The van der Waals surface area contributed by atoms with Gasteiger partial charge in [0.25, 0.3) is 0 Å². The molecule has 0 saturated carbocycles. The van der Waals surface area contributed by atoms with E-state index >= 15 is 0 Å². The molecule has 3 rings (SSSR count). The van der Waals surface area contributed by atoms with Crippen molar-refractivity contribution < 1.29 is 8.81 Å². The molecule has 1 heterocycles. The second kappa shape index (κ2) is 5.51. The normalized spacial score (nSPS) is 12.8. The van der Waals surface area contributed by atoms with E-state index in [0.717, 1.165) is 11.0 Å². The number of aryl methyl sites for hydroxylation is 1. The van der Waals surface area contributed by atoms with Crippen LogP contribution in [0.25, 0.3) is 11.0 Å². The number of hydrogen-bond acceptors (Lipinski definition) is 2. The van der Waals surface area contributed by atoms with Crippen LogP contribution in [0.1, 0.15) is 22.9 Å². The molecule has 1 aromatic heterocycles. The second-order valence-corrected chi connectivity index (χ2v) is 5.48. The van der Waals surface area contributed by atoms with Crippen LogP contribution in [0.3, 0.4) is 0 Å². The van der Waals surface area contributed by atoms with Crippen LogP contribution in [-0.2, 0) is 0 Å². The first kappa shape index (κ1) is 14.1. The van der Waals surface area contributed by atoms with E-state index in [0.29, 0.717) is 16.3 Å². The van der Waals surface area contributed by atoms with Crippen molar-refractivity contribution in [3.63, 3.8) is 0 Å². The zero-order chi connectivity index (χ0) is 15.0. The molecule has 0 aliphatic heterocycles. The van der Waals surface area contributed by atoms with Gasteiger partial charge in [0.1, 0.15) is 17.2 Å². The monoisotopic (exact) mass is 303 g/mol. The summed E-state index contributed by atoms with van der Waals surface area (Å²) in [6.45, 7) is 2.03. The fourth-order valence-electron chi connectivity index (χ4n) is 2.51. The highest BCUT2D eigenvalue weighted by atomic mass is 35.5. The van der Waals surface area contributed by atoms with Crippen molar-refractivity contribution in [3.05, 3.63) is 70.2 Å². The molecule has 4 heteroatoms. The summed E-state index contributed by atoms with van der Waals surface area (Å²) in [6.07, 6.45) is 0. The van der Waals surface area contributed by atoms with Gasteiger partial charge in [0.15, 0.2) is 0 Å². The number of nitrogens with one attached hydrogen (secondary N) is 1. The van der Waals surface area contributed by atoms with Gasteiger partial charge < -0.3 is 9.73 Å². The zero-order valence-corrected chi connectivity index (χ0v) is 12.5. The van der Waals surface area contributed by atoms with Gasteiger partial charge in [0.2, 0.25) is 0 Å². The van der Waals surface area contributed by atoms with Gasteiger partial charge in [0, 0.05) is 10.4 Å². The van der Waals surface area contributed by atoms with E-state index in [1.54, 1.807) is 13.1 Å². The maximum atomic E-state index is 13.5. The Kier molecular flexibility index (Phi) is 3.70. The molecule has 21 heavy (non-hydrogen) atoms. The molecule has 108 valence electrons. The Morgan fingerprint density at radius 3 is 2.71 bits per heavy atom. The minimum absolute atomic E-state index is 0.291. The smallest absolute Gasteiger partial charge is 0.134 e. The first-order chi connectivity index (χ1) is 10.1. The van der Waals surface area contributed by atoms with E-state index in [2.05, 4.69) is 11.4 Å². The van der Waals surface area contributed by atoms with Crippen molar-refractivity contribution in [2.75, 3.05) is 7.05 Å². The quantitative estimate of drug-likeness (QED) is 0.749. The maximum Gasteiger partial charge on any atom is 0.134 e. The van der Waals surface area contributed by atoms with Crippen molar-refractivity contribution in [2.45, 2.75) is 13.0 Å². The molecule has 0 bridgehead atoms. The average Bonchev–Trinajstić information content (AvgIpc) is 2.86. The molecule has 1 N–H and O–H groups in total. The predicted molar refractivity (Wildman–Crippen MR) is 83.3 cm³/mol. The lowest BCUT2D eigenvalue weighted by Gasteiger charge is -2.15. The van der Waals surface area contributed by atoms with E-state index in [4.69, 9.17) is 16.0 Å². The molecule has 2 aromatic carbocycles. The Labute approximate surface area is 127 Å². The second-order valence-electron chi connectivity index (χ2n) is 5.08. The lowest BCUT2D eigenvalue weighted by atomic mass is 10.0. The highest BCUT2D eigenvalue weighted by Crippen LogP contribution is 2.32. The van der Waals surface area contributed by atoms with Gasteiger partial charge in [-0.05, 0) is 55.9 Å². The van der Waals surface area contributed by atoms with Crippen LogP contribution in [0.5, 0.6) is 0 Å². The first-order valence-electron chi connectivity index (χ1n) is 6.71. The summed E-state index contributed by atoms with van der Waals surface area (Å²) in [6, 6.07) is 12.0. The first-order valence-corrected chi connectivity index (χ1v) is 7.08. The zero-order valence-electron chi connectivity index (χ0n) is 11.8. The van der Waals surface area contributed by atoms with Crippen molar-refractivity contribution in [1.82, 2.24) is 5.32 Å². The lowest BCUT2D eigenvalue weighted by Crippen LogP contribution is -2.17. The lowest BCUT2D eigenvalue weighted by molar-refractivity contribution is 0.490. The van der Waals surface area contributed by atoms with Crippen LogP contribution in [-0.4, -0.2) is 7.05 Å². The van der Waals surface area contributed by atoms with E-state index < -0.39 is 0 Å². The number of rotatable bonds is 3. The number of fused-ring (bicyclic) bond motifs is 1. The van der Waals surface area contributed by atoms with Gasteiger partial charge in [-0.2, -0.15) is 0 Å². The third-order valence-corrected chi connectivity index (χ3v) is 3.88. The van der Waals surface area contributed by atoms with Gasteiger partial charge in [-0.3, -0.25) is 0 Å². The molecule has 0 spiro atoms. The van der Waals surface area contributed by atoms with E-state index in [-0.39, 0.29) is 11.9 Å². The standard InChI is InChI=1S/C17H15ClFNO/c1-10-3-6-15-11(7-10)8-16(21-15)17(20-2)13-9-12(19)4-5-14(13)18/h3-9,17,20H,1-2H3. The van der Waals surface area contributed by atoms with Crippen molar-refractivity contribution in [3.8, 4) is 0 Å². The summed E-state index contributed by atoms with van der Waals surface area (Å²) in [5.41, 5.74) is 2.64. The Balaban J connectivity index is 2.11. The SMILES string of the molecule is CNC(c1cc2cc(C)ccc2o1)c1cc(F)ccc1Cl. The van der Waals surface area contributed by atoms with Gasteiger partial charge in [-0.1, -0.05) is 23.2 Å². The van der Waals surface area contributed by atoms with E-state index in [9.17, 15) is 4.39 Å². The molecular formula is C17H15ClFNO. The molecule has 1 atom stereocenters. The van der Waals surface area contributed by atoms with Crippen molar-refractivity contribution >= 4 is 22.6 Å². The highest BCUT2D eigenvalue weighted by molar-refractivity contribution is 6.31. The highest BCUT2D eigenvalue weighted by Gasteiger charge is 2.20. The molecule has 0 saturated heterocycles. The summed E-state index contributed by atoms with van der Waals surface area (Å²) in [7, 11) is 1.80. The van der Waals surface area contributed by atoms with Crippen LogP contribution in [0.4, 0.5) is 4.39 Å². The van der Waals surface area contributed by atoms with Crippen LogP contribution in [0, 0.1) is 12.7 Å². The molecule has 2 nitrogen and oxygen atoms in total. The molecular weight excluding hydrogens is 289 g/mol. The Hall–Kier alpha value is -1.84. The third-order valence-electron chi connectivity index (χ3n) is 3.53. The predicted octanol–water partition coefficient (Wildman–Crippen LogP) is 4.84. The molecule has 0 aliphatic carbocycles. The molecule has 0 amide bonds. The number of benzene rings is 2. The topological polar surface area (TPSA) is 25.2 Å². The van der Waals surface area contributed by atoms with E-state index in [1.807, 2.05) is 25.1 Å². The molecule has 0 aliphatic rings.